The summed E-state index contributed by atoms with van der Waals surface area (Å²) < 4.78 is 16.4. The van der Waals surface area contributed by atoms with E-state index in [2.05, 4.69) is 40.4 Å². The van der Waals surface area contributed by atoms with Crippen molar-refractivity contribution >= 4 is 14.5 Å². The lowest BCUT2D eigenvalue weighted by Crippen LogP contribution is -2.40. The predicted molar refractivity (Wildman–Crippen MR) is 88.8 cm³/mol. The number of hydrogen-bond donors (Lipinski definition) is 0. The molecule has 0 radical (unpaired) electrons. The third-order valence-electron chi connectivity index (χ3n) is 3.41. The van der Waals surface area contributed by atoms with Crippen LogP contribution in [0.5, 0.6) is 0 Å². The molecule has 0 aliphatic carbocycles. The van der Waals surface area contributed by atoms with E-state index in [0.29, 0.717) is 12.2 Å². The summed E-state index contributed by atoms with van der Waals surface area (Å²) in [6.45, 7) is 22.0. The zero-order chi connectivity index (χ0) is 17.1. The molecule has 0 saturated heterocycles. The molecule has 0 aromatic rings. The molecule has 0 aliphatic heterocycles. The van der Waals surface area contributed by atoms with E-state index in [1.807, 2.05) is 6.92 Å². The van der Waals surface area contributed by atoms with Gasteiger partial charge in [-0.05, 0) is 45.8 Å². The van der Waals surface area contributed by atoms with Crippen molar-refractivity contribution in [2.24, 2.45) is 0 Å². The van der Waals surface area contributed by atoms with E-state index in [0.717, 1.165) is 0 Å². The molecule has 0 aromatic heterocycles. The van der Waals surface area contributed by atoms with Gasteiger partial charge in [0.25, 0.3) is 0 Å². The Hall–Kier alpha value is -0.973. The summed E-state index contributed by atoms with van der Waals surface area (Å²) in [5.41, 5.74) is -0.550. The molecule has 0 unspecified atom stereocenters. The third-order valence-corrected chi connectivity index (χ3v) is 7.82. The number of carbonyl (C=O) groups is 1. The zero-order valence-corrected chi connectivity index (χ0v) is 16.1. The van der Waals surface area contributed by atoms with Crippen molar-refractivity contribution in [2.75, 3.05) is 0 Å². The van der Waals surface area contributed by atoms with Crippen molar-refractivity contribution in [1.82, 2.24) is 0 Å². The van der Waals surface area contributed by atoms with Gasteiger partial charge in [0.05, 0.1) is 5.76 Å². The first kappa shape index (κ1) is 20.0. The van der Waals surface area contributed by atoms with Crippen LogP contribution in [-0.4, -0.2) is 26.2 Å². The van der Waals surface area contributed by atoms with Crippen LogP contribution in [0, 0.1) is 0 Å². The van der Waals surface area contributed by atoms with Gasteiger partial charge in [0.1, 0.15) is 11.7 Å². The van der Waals surface area contributed by atoms with Crippen LogP contribution in [0.15, 0.2) is 12.3 Å². The zero-order valence-electron chi connectivity index (χ0n) is 15.1. The normalized spacial score (nSPS) is 14.3. The highest BCUT2D eigenvalue weighted by Crippen LogP contribution is 2.38. The average molecular weight is 317 g/mol. The van der Waals surface area contributed by atoms with E-state index >= 15 is 0 Å². The lowest BCUT2D eigenvalue weighted by Gasteiger charge is -2.37. The first-order valence-electron chi connectivity index (χ1n) is 7.40. The molecule has 5 heteroatoms. The fourth-order valence-electron chi connectivity index (χ4n) is 1.36. The summed E-state index contributed by atoms with van der Waals surface area (Å²) in [7, 11) is -1.88. The van der Waals surface area contributed by atoms with Crippen LogP contribution in [0.4, 0.5) is 4.79 Å². The lowest BCUT2D eigenvalue weighted by atomic mass is 10.2. The van der Waals surface area contributed by atoms with Crippen LogP contribution in [0.2, 0.25) is 18.1 Å². The fraction of sp³-hybridized carbons (Fsp3) is 0.812. The predicted octanol–water partition coefficient (Wildman–Crippen LogP) is 5.25. The quantitative estimate of drug-likeness (QED) is 0.394. The SMILES string of the molecule is C=C(C[C@H](C)OC(=O)OC(C)(C)C)O[Si](C)(C)C(C)(C)C. The maximum Gasteiger partial charge on any atom is 0.509 e. The molecule has 1 atom stereocenters. The largest absolute Gasteiger partial charge is 0.547 e. The maximum atomic E-state index is 11.6. The molecule has 0 heterocycles. The molecule has 0 saturated carbocycles. The second-order valence-corrected chi connectivity index (χ2v) is 12.7. The van der Waals surface area contributed by atoms with Crippen LogP contribution in [0.1, 0.15) is 54.9 Å². The van der Waals surface area contributed by atoms with E-state index in [-0.39, 0.29) is 11.1 Å². The molecule has 4 nitrogen and oxygen atoms in total. The first-order chi connectivity index (χ1) is 9.14. The number of ether oxygens (including phenoxy) is 2. The Balaban J connectivity index is 4.38. The van der Waals surface area contributed by atoms with Crippen LogP contribution in [-0.2, 0) is 13.9 Å². The summed E-state index contributed by atoms with van der Waals surface area (Å²) >= 11 is 0. The Morgan fingerprint density at radius 1 is 1.14 bits per heavy atom. The van der Waals surface area contributed by atoms with Gasteiger partial charge in [-0.15, -0.1) is 0 Å². The van der Waals surface area contributed by atoms with Crippen LogP contribution in [0.3, 0.4) is 0 Å². The summed E-state index contributed by atoms with van der Waals surface area (Å²) in [5.74, 6) is 0.664. The highest BCUT2D eigenvalue weighted by Gasteiger charge is 2.39. The highest BCUT2D eigenvalue weighted by molar-refractivity contribution is 6.74. The van der Waals surface area contributed by atoms with Gasteiger partial charge in [-0.25, -0.2) is 4.79 Å². The Kier molecular flexibility index (Phi) is 6.54. The minimum absolute atomic E-state index is 0.116. The number of hydrogen-bond acceptors (Lipinski definition) is 4. The minimum Gasteiger partial charge on any atom is -0.547 e. The molecular formula is C16H32O4Si. The summed E-state index contributed by atoms with van der Waals surface area (Å²) in [6.07, 6.45) is -0.501. The Bertz CT molecular complexity index is 375. The topological polar surface area (TPSA) is 44.8 Å². The van der Waals surface area contributed by atoms with E-state index < -0.39 is 20.1 Å². The fourth-order valence-corrected chi connectivity index (χ4v) is 2.47. The second kappa shape index (κ2) is 6.86. The third kappa shape index (κ3) is 8.14. The van der Waals surface area contributed by atoms with Gasteiger partial charge in [-0.3, -0.25) is 0 Å². The number of carbonyl (C=O) groups excluding carboxylic acids is 1. The van der Waals surface area contributed by atoms with E-state index in [1.165, 1.54) is 0 Å². The van der Waals surface area contributed by atoms with E-state index in [1.54, 1.807) is 20.8 Å². The first-order valence-corrected chi connectivity index (χ1v) is 10.3. The average Bonchev–Trinajstić information content (AvgIpc) is 2.08. The van der Waals surface area contributed by atoms with Crippen molar-refractivity contribution < 1.29 is 18.7 Å². The minimum atomic E-state index is -1.88. The Labute approximate surface area is 131 Å². The molecule has 0 rings (SSSR count). The Morgan fingerprint density at radius 2 is 1.62 bits per heavy atom. The van der Waals surface area contributed by atoms with Crippen molar-refractivity contribution in [3.8, 4) is 0 Å². The summed E-state index contributed by atoms with van der Waals surface area (Å²) in [4.78, 5) is 11.6. The van der Waals surface area contributed by atoms with Crippen molar-refractivity contribution in [2.45, 2.75) is 84.7 Å². The van der Waals surface area contributed by atoms with Crippen LogP contribution in [0.25, 0.3) is 0 Å². The number of rotatable bonds is 5. The molecule has 0 spiro atoms. The van der Waals surface area contributed by atoms with Gasteiger partial charge in [0.15, 0.2) is 0 Å². The lowest BCUT2D eigenvalue weighted by molar-refractivity contribution is -0.0241. The van der Waals surface area contributed by atoms with Gasteiger partial charge in [0.2, 0.25) is 8.32 Å². The molecular weight excluding hydrogens is 284 g/mol. The maximum absolute atomic E-state index is 11.6. The van der Waals surface area contributed by atoms with E-state index in [4.69, 9.17) is 13.9 Å². The van der Waals surface area contributed by atoms with Gasteiger partial charge < -0.3 is 13.9 Å². The van der Waals surface area contributed by atoms with Crippen LogP contribution < -0.4 is 0 Å². The van der Waals surface area contributed by atoms with Crippen molar-refractivity contribution in [3.05, 3.63) is 12.3 Å². The summed E-state index contributed by atoms with van der Waals surface area (Å²) in [6, 6.07) is 0. The highest BCUT2D eigenvalue weighted by atomic mass is 28.4. The van der Waals surface area contributed by atoms with E-state index in [9.17, 15) is 4.79 Å². The molecule has 0 fully saturated rings. The van der Waals surface area contributed by atoms with Crippen molar-refractivity contribution in [3.63, 3.8) is 0 Å². The molecule has 0 bridgehead atoms. The molecule has 0 aliphatic rings. The Morgan fingerprint density at radius 3 is 2.00 bits per heavy atom. The summed E-state index contributed by atoms with van der Waals surface area (Å²) in [5, 5.41) is 0.116. The van der Waals surface area contributed by atoms with Gasteiger partial charge in [-0.1, -0.05) is 27.4 Å². The standard InChI is InChI=1S/C16H32O4Si/c1-12(18-14(17)19-15(3,4)5)11-13(2)20-21(9,10)16(6,7)8/h12H,2,11H2,1,3-10H3/t12-/m0/s1. The smallest absolute Gasteiger partial charge is 0.509 e. The van der Waals surface area contributed by atoms with Crippen molar-refractivity contribution in [1.29, 1.82) is 0 Å². The second-order valence-electron chi connectivity index (χ2n) is 8.00. The van der Waals surface area contributed by atoms with Gasteiger partial charge >= 0.3 is 6.16 Å². The molecule has 0 aromatic carbocycles. The molecule has 0 N–H and O–H groups in total. The molecule has 21 heavy (non-hydrogen) atoms. The van der Waals surface area contributed by atoms with Crippen LogP contribution >= 0.6 is 0 Å². The van der Waals surface area contributed by atoms with Gasteiger partial charge in [-0.2, -0.15) is 0 Å². The molecule has 0 amide bonds. The van der Waals surface area contributed by atoms with Gasteiger partial charge in [0, 0.05) is 6.42 Å². The molecule has 124 valence electrons. The monoisotopic (exact) mass is 316 g/mol.